The van der Waals surface area contributed by atoms with Gasteiger partial charge in [0.15, 0.2) is 0 Å². The minimum atomic E-state index is -0.441. The maximum atomic E-state index is 10.7. The molecule has 0 spiro atoms. The molecule has 4 nitrogen and oxygen atoms in total. The van der Waals surface area contributed by atoms with E-state index in [0.717, 1.165) is 10.0 Å². The molecular formula is C9H6BrN3O. The molecule has 1 heterocycles. The lowest BCUT2D eigenvalue weighted by molar-refractivity contribution is 0.920. The Morgan fingerprint density at radius 3 is 2.86 bits per heavy atom. The number of nitrogens with zero attached hydrogens (tertiary/aromatic N) is 2. The summed E-state index contributed by atoms with van der Waals surface area (Å²) in [6.07, 6.45) is 1.45. The lowest BCUT2D eigenvalue weighted by atomic mass is 10.2. The quantitative estimate of drug-likeness (QED) is 0.838. The summed E-state index contributed by atoms with van der Waals surface area (Å²) in [5, 5.41) is 6.15. The van der Waals surface area contributed by atoms with Crippen molar-refractivity contribution in [1.82, 2.24) is 15.2 Å². The summed E-state index contributed by atoms with van der Waals surface area (Å²) in [4.78, 5) is 14.3. The Bertz CT molecular complexity index is 489. The van der Waals surface area contributed by atoms with Crippen LogP contribution in [0.2, 0.25) is 0 Å². The van der Waals surface area contributed by atoms with E-state index in [0.29, 0.717) is 5.69 Å². The molecule has 0 aliphatic carbocycles. The van der Waals surface area contributed by atoms with Crippen LogP contribution in [0.3, 0.4) is 0 Å². The van der Waals surface area contributed by atoms with Crippen molar-refractivity contribution in [2.45, 2.75) is 0 Å². The van der Waals surface area contributed by atoms with E-state index in [1.807, 2.05) is 24.3 Å². The Balaban J connectivity index is 2.49. The molecule has 0 aliphatic rings. The first kappa shape index (κ1) is 9.08. The predicted octanol–water partition coefficient (Wildman–Crippen LogP) is 1.59. The van der Waals surface area contributed by atoms with Crippen LogP contribution in [0.4, 0.5) is 0 Å². The molecule has 1 aromatic carbocycles. The molecule has 0 fully saturated rings. The zero-order valence-corrected chi connectivity index (χ0v) is 8.65. The van der Waals surface area contributed by atoms with E-state index >= 15 is 0 Å². The molecule has 2 aromatic rings. The van der Waals surface area contributed by atoms with Crippen molar-refractivity contribution in [2.75, 3.05) is 0 Å². The topological polar surface area (TPSA) is 58.6 Å². The van der Waals surface area contributed by atoms with Crippen LogP contribution in [0.25, 0.3) is 11.3 Å². The molecule has 0 aliphatic heterocycles. The molecule has 0 radical (unpaired) electrons. The fraction of sp³-hybridized carbons (Fsp3) is 0. The highest BCUT2D eigenvalue weighted by Gasteiger charge is 1.99. The summed E-state index contributed by atoms with van der Waals surface area (Å²) in [5.41, 5.74) is 1.11. The van der Waals surface area contributed by atoms with Crippen LogP contribution in [-0.2, 0) is 0 Å². The number of nitrogens with one attached hydrogen (secondary N) is 1. The molecule has 1 aromatic heterocycles. The molecule has 2 rings (SSSR count). The van der Waals surface area contributed by atoms with Crippen LogP contribution in [0, 0.1) is 0 Å². The largest absolute Gasteiger partial charge is 0.361 e. The van der Waals surface area contributed by atoms with Crippen molar-refractivity contribution in [2.24, 2.45) is 0 Å². The van der Waals surface area contributed by atoms with Gasteiger partial charge in [-0.05, 0) is 12.1 Å². The normalized spacial score (nSPS) is 10.1. The van der Waals surface area contributed by atoms with Gasteiger partial charge in [-0.15, -0.1) is 0 Å². The van der Waals surface area contributed by atoms with Crippen LogP contribution in [0.5, 0.6) is 0 Å². The summed E-state index contributed by atoms with van der Waals surface area (Å²) in [6, 6.07) is 7.62. The number of aromatic nitrogens is 3. The van der Waals surface area contributed by atoms with Gasteiger partial charge in [0.1, 0.15) is 5.69 Å². The summed E-state index contributed by atoms with van der Waals surface area (Å²) >= 11 is 3.35. The van der Waals surface area contributed by atoms with Crippen molar-refractivity contribution >= 4 is 15.9 Å². The zero-order chi connectivity index (χ0) is 9.97. The van der Waals surface area contributed by atoms with E-state index in [1.165, 1.54) is 6.20 Å². The van der Waals surface area contributed by atoms with Gasteiger partial charge >= 0.3 is 5.69 Å². The maximum Gasteiger partial charge on any atom is 0.361 e. The van der Waals surface area contributed by atoms with Crippen LogP contribution in [-0.4, -0.2) is 15.2 Å². The Morgan fingerprint density at radius 2 is 2.21 bits per heavy atom. The molecule has 14 heavy (non-hydrogen) atoms. The van der Waals surface area contributed by atoms with Crippen molar-refractivity contribution in [3.05, 3.63) is 45.4 Å². The molecule has 0 bridgehead atoms. The number of hydrogen-bond donors (Lipinski definition) is 1. The van der Waals surface area contributed by atoms with Gasteiger partial charge in [-0.3, -0.25) is 0 Å². The second kappa shape index (κ2) is 3.71. The molecule has 1 N–H and O–H groups in total. The van der Waals surface area contributed by atoms with E-state index in [2.05, 4.69) is 31.1 Å². The highest BCUT2D eigenvalue weighted by molar-refractivity contribution is 9.10. The van der Waals surface area contributed by atoms with Crippen LogP contribution < -0.4 is 5.69 Å². The highest BCUT2D eigenvalue weighted by Crippen LogP contribution is 2.19. The number of benzene rings is 1. The molecule has 70 valence electrons. The van der Waals surface area contributed by atoms with E-state index in [9.17, 15) is 4.79 Å². The number of aromatic amines is 1. The van der Waals surface area contributed by atoms with E-state index < -0.39 is 5.69 Å². The van der Waals surface area contributed by atoms with Crippen molar-refractivity contribution in [1.29, 1.82) is 0 Å². The molecule has 5 heteroatoms. The molecule has 0 saturated heterocycles. The van der Waals surface area contributed by atoms with Gasteiger partial charge in [-0.25, -0.2) is 9.89 Å². The highest BCUT2D eigenvalue weighted by atomic mass is 79.9. The van der Waals surface area contributed by atoms with Crippen LogP contribution in [0.1, 0.15) is 0 Å². The van der Waals surface area contributed by atoms with Crippen molar-refractivity contribution < 1.29 is 0 Å². The van der Waals surface area contributed by atoms with Gasteiger partial charge in [-0.2, -0.15) is 10.1 Å². The Labute approximate surface area is 88.1 Å². The SMILES string of the molecule is O=c1ncc(-c2cccc(Br)c2)n[nH]1. The standard InChI is InChI=1S/C9H6BrN3O/c10-7-3-1-2-6(4-7)8-5-11-9(14)13-12-8/h1-5H,(H,11,13,14). The Kier molecular flexibility index (Phi) is 2.41. The first-order valence-corrected chi connectivity index (χ1v) is 4.73. The summed E-state index contributed by atoms with van der Waals surface area (Å²) in [5.74, 6) is 0. The van der Waals surface area contributed by atoms with Gasteiger partial charge in [0.25, 0.3) is 0 Å². The van der Waals surface area contributed by atoms with Crippen LogP contribution >= 0.6 is 15.9 Å². The molecule has 0 atom stereocenters. The summed E-state index contributed by atoms with van der Waals surface area (Å²) in [7, 11) is 0. The molecule has 0 amide bonds. The average Bonchev–Trinajstić information content (AvgIpc) is 2.19. The third kappa shape index (κ3) is 1.88. The zero-order valence-electron chi connectivity index (χ0n) is 7.07. The fourth-order valence-electron chi connectivity index (χ4n) is 1.07. The van der Waals surface area contributed by atoms with Gasteiger partial charge in [0, 0.05) is 10.0 Å². The monoisotopic (exact) mass is 251 g/mol. The first-order valence-electron chi connectivity index (χ1n) is 3.93. The second-order valence-corrected chi connectivity index (χ2v) is 3.60. The Hall–Kier alpha value is -1.49. The van der Waals surface area contributed by atoms with Gasteiger partial charge in [0.05, 0.1) is 6.20 Å². The number of H-pyrrole nitrogens is 1. The minimum absolute atomic E-state index is 0.441. The van der Waals surface area contributed by atoms with Crippen LogP contribution in [0.15, 0.2) is 39.7 Å². The van der Waals surface area contributed by atoms with Crippen molar-refractivity contribution in [3.8, 4) is 11.3 Å². The average molecular weight is 252 g/mol. The number of halogens is 1. The second-order valence-electron chi connectivity index (χ2n) is 2.68. The number of rotatable bonds is 1. The van der Waals surface area contributed by atoms with Gasteiger partial charge in [-0.1, -0.05) is 28.1 Å². The van der Waals surface area contributed by atoms with Gasteiger partial charge < -0.3 is 0 Å². The van der Waals surface area contributed by atoms with E-state index in [4.69, 9.17) is 0 Å². The molecule has 0 saturated carbocycles. The summed E-state index contributed by atoms with van der Waals surface area (Å²) in [6.45, 7) is 0. The fourth-order valence-corrected chi connectivity index (χ4v) is 1.47. The smallest absolute Gasteiger partial charge is 0.244 e. The lowest BCUT2D eigenvalue weighted by Gasteiger charge is -1.98. The number of hydrogen-bond acceptors (Lipinski definition) is 3. The van der Waals surface area contributed by atoms with E-state index in [-0.39, 0.29) is 0 Å². The minimum Gasteiger partial charge on any atom is -0.244 e. The lowest BCUT2D eigenvalue weighted by Crippen LogP contribution is -2.11. The molecule has 0 unspecified atom stereocenters. The molecular weight excluding hydrogens is 246 g/mol. The maximum absolute atomic E-state index is 10.7. The Morgan fingerprint density at radius 1 is 1.36 bits per heavy atom. The van der Waals surface area contributed by atoms with E-state index in [1.54, 1.807) is 0 Å². The summed E-state index contributed by atoms with van der Waals surface area (Å²) < 4.78 is 0.961. The third-order valence-corrected chi connectivity index (χ3v) is 2.19. The predicted molar refractivity (Wildman–Crippen MR) is 55.8 cm³/mol. The van der Waals surface area contributed by atoms with Crippen molar-refractivity contribution in [3.63, 3.8) is 0 Å². The van der Waals surface area contributed by atoms with Gasteiger partial charge in [0.2, 0.25) is 0 Å². The third-order valence-electron chi connectivity index (χ3n) is 1.70. The first-order chi connectivity index (χ1) is 6.75.